The molecule has 33 heavy (non-hydrogen) atoms. The minimum atomic E-state index is -4.80. The number of anilines is 1. The van der Waals surface area contributed by atoms with Crippen LogP contribution in [-0.2, 0) is 14.3 Å². The zero-order valence-electron chi connectivity index (χ0n) is 17.6. The molecule has 1 amide bonds. The number of hydrogen-bond donors (Lipinski definition) is 1. The number of ether oxygens (including phenoxy) is 3. The van der Waals surface area contributed by atoms with E-state index in [0.29, 0.717) is 0 Å². The highest BCUT2D eigenvalue weighted by atomic mass is 35.5. The van der Waals surface area contributed by atoms with Gasteiger partial charge in [-0.1, -0.05) is 17.7 Å². The van der Waals surface area contributed by atoms with Crippen molar-refractivity contribution in [3.05, 3.63) is 52.6 Å². The molecule has 0 aliphatic carbocycles. The Hall–Kier alpha value is -2.92. The molecule has 0 saturated carbocycles. The van der Waals surface area contributed by atoms with Crippen molar-refractivity contribution >= 4 is 29.2 Å². The maximum Gasteiger partial charge on any atom is 0.417 e. The number of carbonyl (C=O) groups excluding carboxylic acids is 2. The minimum absolute atomic E-state index is 0.0852. The van der Waals surface area contributed by atoms with Gasteiger partial charge in [0.05, 0.1) is 14.2 Å². The topological polar surface area (TPSA) is 86.8 Å². The summed E-state index contributed by atoms with van der Waals surface area (Å²) in [7, 11) is 2.33. The van der Waals surface area contributed by atoms with Gasteiger partial charge in [-0.05, 0) is 31.5 Å². The molecule has 1 aromatic heterocycles. The number of carbonyl (C=O) groups is 2. The van der Waals surface area contributed by atoms with Crippen LogP contribution in [0.25, 0.3) is 0 Å². The number of alkyl halides is 3. The van der Waals surface area contributed by atoms with Crippen molar-refractivity contribution < 1.29 is 41.4 Å². The second-order valence-corrected chi connectivity index (χ2v) is 7.85. The van der Waals surface area contributed by atoms with Crippen LogP contribution in [0, 0.1) is 5.82 Å². The highest BCUT2D eigenvalue weighted by Gasteiger charge is 2.61. The van der Waals surface area contributed by atoms with Crippen molar-refractivity contribution in [2.75, 3.05) is 19.5 Å². The number of aromatic nitrogens is 1. The van der Waals surface area contributed by atoms with E-state index in [1.165, 1.54) is 31.5 Å². The summed E-state index contributed by atoms with van der Waals surface area (Å²) in [5.41, 5.74) is -2.61. The summed E-state index contributed by atoms with van der Waals surface area (Å²) < 4.78 is 70.1. The number of amides is 1. The highest BCUT2D eigenvalue weighted by Crippen LogP contribution is 2.52. The normalized spacial score (nSPS) is 22.7. The quantitative estimate of drug-likeness (QED) is 0.490. The van der Waals surface area contributed by atoms with Gasteiger partial charge in [0, 0.05) is 23.4 Å². The molecule has 2 heterocycles. The van der Waals surface area contributed by atoms with Crippen LogP contribution in [0.15, 0.2) is 30.5 Å². The fourth-order valence-electron chi connectivity index (χ4n) is 3.61. The molecular weight excluding hydrogens is 472 g/mol. The summed E-state index contributed by atoms with van der Waals surface area (Å²) in [6.07, 6.45) is -5.86. The Balaban J connectivity index is 2.00. The average Bonchev–Trinajstić information content (AvgIpc) is 3.14. The van der Waals surface area contributed by atoms with Gasteiger partial charge in [0.15, 0.2) is 5.60 Å². The van der Waals surface area contributed by atoms with Gasteiger partial charge in [0.1, 0.15) is 28.4 Å². The first-order valence-electron chi connectivity index (χ1n) is 9.53. The second-order valence-electron chi connectivity index (χ2n) is 7.47. The largest absolute Gasteiger partial charge is 0.495 e. The molecule has 1 fully saturated rings. The van der Waals surface area contributed by atoms with Crippen molar-refractivity contribution in [1.82, 2.24) is 4.98 Å². The predicted molar refractivity (Wildman–Crippen MR) is 109 cm³/mol. The molecule has 0 bridgehead atoms. The molecule has 1 aromatic carbocycles. The van der Waals surface area contributed by atoms with Gasteiger partial charge < -0.3 is 19.5 Å². The van der Waals surface area contributed by atoms with Crippen molar-refractivity contribution in [2.24, 2.45) is 0 Å². The monoisotopic (exact) mass is 490 g/mol. The first kappa shape index (κ1) is 24.7. The van der Waals surface area contributed by atoms with E-state index in [2.05, 4.69) is 15.0 Å². The molecule has 1 N–H and O–H groups in total. The molecular formula is C21H19ClF4N2O5. The van der Waals surface area contributed by atoms with E-state index >= 15 is 0 Å². The van der Waals surface area contributed by atoms with Gasteiger partial charge >= 0.3 is 12.1 Å². The maximum absolute atomic E-state index is 13.9. The minimum Gasteiger partial charge on any atom is -0.495 e. The van der Waals surface area contributed by atoms with E-state index in [1.54, 1.807) is 0 Å². The number of esters is 1. The number of nitrogens with one attached hydrogen (secondary N) is 1. The van der Waals surface area contributed by atoms with Crippen molar-refractivity contribution in [2.45, 2.75) is 37.1 Å². The summed E-state index contributed by atoms with van der Waals surface area (Å²) in [6.45, 7) is 0.826. The van der Waals surface area contributed by atoms with E-state index in [1.807, 2.05) is 0 Å². The van der Waals surface area contributed by atoms with Gasteiger partial charge in [0.2, 0.25) is 0 Å². The van der Waals surface area contributed by atoms with Gasteiger partial charge in [0.25, 0.3) is 5.91 Å². The summed E-state index contributed by atoms with van der Waals surface area (Å²) in [5, 5.41) is 2.00. The van der Waals surface area contributed by atoms with Crippen LogP contribution >= 0.6 is 11.6 Å². The lowest BCUT2D eigenvalue weighted by Crippen LogP contribution is -2.43. The molecule has 0 spiro atoms. The van der Waals surface area contributed by atoms with Crippen LogP contribution < -0.4 is 10.1 Å². The SMILES string of the molecule is COC(=O)c1cc(NC(=O)C2OC(C)(C(F)(F)F)CC2c2ccc(F)c(Cl)c2OC)ccn1. The van der Waals surface area contributed by atoms with Gasteiger partial charge in [-0.25, -0.2) is 14.2 Å². The summed E-state index contributed by atoms with van der Waals surface area (Å²) >= 11 is 5.94. The molecule has 7 nitrogen and oxygen atoms in total. The lowest BCUT2D eigenvalue weighted by Gasteiger charge is -2.27. The van der Waals surface area contributed by atoms with Crippen LogP contribution in [-0.4, -0.2) is 49.0 Å². The maximum atomic E-state index is 13.9. The van der Waals surface area contributed by atoms with E-state index < -0.39 is 52.9 Å². The molecule has 3 atom stereocenters. The molecule has 3 unspecified atom stereocenters. The fourth-order valence-corrected chi connectivity index (χ4v) is 3.86. The van der Waals surface area contributed by atoms with Crippen molar-refractivity contribution in [3.8, 4) is 5.75 Å². The van der Waals surface area contributed by atoms with Gasteiger partial charge in [-0.3, -0.25) is 4.79 Å². The molecule has 178 valence electrons. The fraction of sp³-hybridized carbons (Fsp3) is 0.381. The number of nitrogens with zero attached hydrogens (tertiary/aromatic N) is 1. The van der Waals surface area contributed by atoms with E-state index in [4.69, 9.17) is 21.1 Å². The molecule has 1 aliphatic heterocycles. The van der Waals surface area contributed by atoms with E-state index in [9.17, 15) is 27.2 Å². The molecule has 12 heteroatoms. The Labute approximate surface area is 191 Å². The smallest absolute Gasteiger partial charge is 0.417 e. The Kier molecular flexibility index (Phi) is 6.85. The third-order valence-corrected chi connectivity index (χ3v) is 5.68. The van der Waals surface area contributed by atoms with Gasteiger partial charge in [-0.2, -0.15) is 13.2 Å². The summed E-state index contributed by atoms with van der Waals surface area (Å²) in [6, 6.07) is 4.72. The van der Waals surface area contributed by atoms with E-state index in [0.717, 1.165) is 20.1 Å². The van der Waals surface area contributed by atoms with E-state index in [-0.39, 0.29) is 22.7 Å². The first-order chi connectivity index (χ1) is 15.4. The Bertz CT molecular complexity index is 1080. The summed E-state index contributed by atoms with van der Waals surface area (Å²) in [4.78, 5) is 28.5. The number of methoxy groups -OCH3 is 2. The molecule has 1 saturated heterocycles. The molecule has 1 aliphatic rings. The number of benzene rings is 1. The van der Waals surface area contributed by atoms with Gasteiger partial charge in [-0.15, -0.1) is 0 Å². The second kappa shape index (κ2) is 9.14. The van der Waals surface area contributed by atoms with Crippen molar-refractivity contribution in [3.63, 3.8) is 0 Å². The van der Waals surface area contributed by atoms with Crippen LogP contribution in [0.3, 0.4) is 0 Å². The molecule has 2 aromatic rings. The Morgan fingerprint density at radius 3 is 2.58 bits per heavy atom. The number of hydrogen-bond acceptors (Lipinski definition) is 6. The zero-order chi connectivity index (χ0) is 24.6. The zero-order valence-corrected chi connectivity index (χ0v) is 18.4. The number of pyridine rings is 1. The van der Waals surface area contributed by atoms with Crippen LogP contribution in [0.2, 0.25) is 5.02 Å². The molecule has 3 rings (SSSR count). The lowest BCUT2D eigenvalue weighted by atomic mass is 9.86. The third kappa shape index (κ3) is 4.74. The standard InChI is InChI=1S/C21H19ClF4N2O5/c1-20(21(24,25)26)9-12(11-4-5-13(23)15(22)16(11)31-2)17(33-20)18(29)28-10-6-7-27-14(8-10)19(30)32-3/h4-8,12,17H,9H2,1-3H3,(H,27,28,29). The first-order valence-corrected chi connectivity index (χ1v) is 9.91. The average molecular weight is 491 g/mol. The Morgan fingerprint density at radius 1 is 1.27 bits per heavy atom. The van der Waals surface area contributed by atoms with Crippen LogP contribution in [0.5, 0.6) is 5.75 Å². The lowest BCUT2D eigenvalue weighted by molar-refractivity contribution is -0.261. The third-order valence-electron chi connectivity index (χ3n) is 5.33. The van der Waals surface area contributed by atoms with Crippen LogP contribution in [0.4, 0.5) is 23.2 Å². The highest BCUT2D eigenvalue weighted by molar-refractivity contribution is 6.32. The molecule has 0 radical (unpaired) electrons. The predicted octanol–water partition coefficient (Wildman–Crippen LogP) is 4.50. The van der Waals surface area contributed by atoms with Crippen LogP contribution in [0.1, 0.15) is 35.3 Å². The number of halogens is 5. The number of rotatable bonds is 5. The Morgan fingerprint density at radius 2 is 1.97 bits per heavy atom. The summed E-state index contributed by atoms with van der Waals surface area (Å²) in [5.74, 6) is -3.88. The van der Waals surface area contributed by atoms with Crippen molar-refractivity contribution in [1.29, 1.82) is 0 Å².